The molecule has 0 spiro atoms. The fourth-order valence-corrected chi connectivity index (χ4v) is 4.11. The fourth-order valence-electron chi connectivity index (χ4n) is 3.66. The lowest BCUT2D eigenvalue weighted by Crippen LogP contribution is -2.24. The summed E-state index contributed by atoms with van der Waals surface area (Å²) in [7, 11) is 0. The van der Waals surface area contributed by atoms with Crippen LogP contribution in [0.2, 0.25) is 0 Å². The Kier molecular flexibility index (Phi) is 6.50. The predicted octanol–water partition coefficient (Wildman–Crippen LogP) is 4.05. The molecule has 1 aromatic carbocycles. The Labute approximate surface area is 170 Å². The second kappa shape index (κ2) is 8.86. The Morgan fingerprint density at radius 2 is 1.82 bits per heavy atom. The Bertz CT molecular complexity index is 888. The number of aryl methyl sites for hydroxylation is 4. The van der Waals surface area contributed by atoms with Gasteiger partial charge in [-0.3, -0.25) is 9.59 Å². The zero-order valence-corrected chi connectivity index (χ0v) is 17.7. The Morgan fingerprint density at radius 3 is 2.50 bits per heavy atom. The number of nitrogens with zero attached hydrogens (tertiary/aromatic N) is 2. The summed E-state index contributed by atoms with van der Waals surface area (Å²) in [6.45, 7) is 5.49. The average molecular weight is 399 g/mol. The number of benzene rings is 1. The third-order valence-electron chi connectivity index (χ3n) is 5.22. The number of rotatable bonds is 7. The zero-order valence-electron chi connectivity index (χ0n) is 16.9. The molecule has 1 heterocycles. The van der Waals surface area contributed by atoms with E-state index in [-0.39, 0.29) is 18.2 Å². The minimum atomic E-state index is -0.788. The number of carbonyl (C=O) groups excluding carboxylic acids is 2. The van der Waals surface area contributed by atoms with E-state index in [0.29, 0.717) is 12.0 Å². The molecule has 1 unspecified atom stereocenters. The van der Waals surface area contributed by atoms with Gasteiger partial charge in [0.2, 0.25) is 5.78 Å². The first-order valence-corrected chi connectivity index (χ1v) is 10.8. The van der Waals surface area contributed by atoms with E-state index in [1.807, 2.05) is 38.3 Å². The van der Waals surface area contributed by atoms with Crippen molar-refractivity contribution >= 4 is 23.5 Å². The normalized spacial score (nSPS) is 13.9. The third kappa shape index (κ3) is 4.61. The molecule has 0 radical (unpaired) electrons. The molecular weight excluding hydrogens is 372 g/mol. The average Bonchev–Trinajstić information content (AvgIpc) is 3.14. The van der Waals surface area contributed by atoms with Crippen LogP contribution in [0.1, 0.15) is 58.2 Å². The summed E-state index contributed by atoms with van der Waals surface area (Å²) in [6, 6.07) is 5.81. The van der Waals surface area contributed by atoms with Crippen molar-refractivity contribution in [3.63, 3.8) is 0 Å². The minimum Gasteiger partial charge on any atom is -0.454 e. The van der Waals surface area contributed by atoms with E-state index in [4.69, 9.17) is 4.74 Å². The second-order valence-corrected chi connectivity index (χ2v) is 7.97. The number of carbonyl (C=O) groups is 2. The SMILES string of the molecule is CSc1nc(C)c(CCC(=O)OC(C)C(=O)c2ccc3c(c2)CCC3)c(C)n1. The predicted molar refractivity (Wildman–Crippen MR) is 110 cm³/mol. The highest BCUT2D eigenvalue weighted by molar-refractivity contribution is 7.98. The van der Waals surface area contributed by atoms with Gasteiger partial charge in [-0.25, -0.2) is 9.97 Å². The second-order valence-electron chi connectivity index (χ2n) is 7.19. The smallest absolute Gasteiger partial charge is 0.306 e. The summed E-state index contributed by atoms with van der Waals surface area (Å²) < 4.78 is 5.40. The summed E-state index contributed by atoms with van der Waals surface area (Å²) in [5.74, 6) is -0.530. The lowest BCUT2D eigenvalue weighted by molar-refractivity contribution is -0.146. The molecule has 6 heteroatoms. The van der Waals surface area contributed by atoms with Crippen molar-refractivity contribution in [3.8, 4) is 0 Å². The maximum atomic E-state index is 12.6. The fraction of sp³-hybridized carbons (Fsp3) is 0.455. The number of hydrogen-bond acceptors (Lipinski definition) is 6. The number of ketones is 1. The summed E-state index contributed by atoms with van der Waals surface area (Å²) >= 11 is 1.50. The largest absolute Gasteiger partial charge is 0.454 e. The van der Waals surface area contributed by atoms with Gasteiger partial charge in [-0.15, -0.1) is 0 Å². The van der Waals surface area contributed by atoms with E-state index in [1.165, 1.54) is 22.9 Å². The highest BCUT2D eigenvalue weighted by atomic mass is 32.2. The standard InChI is InChI=1S/C22H26N2O3S/c1-13-19(14(2)24-22(23-13)28-4)10-11-20(25)27-15(3)21(26)18-9-8-16-6-5-7-17(16)12-18/h8-9,12,15H,5-7,10-11H2,1-4H3. The summed E-state index contributed by atoms with van der Waals surface area (Å²) in [6.07, 6.45) is 5.08. The van der Waals surface area contributed by atoms with Gasteiger partial charge in [0.25, 0.3) is 0 Å². The molecule has 1 aliphatic rings. The van der Waals surface area contributed by atoms with Gasteiger partial charge in [-0.05, 0) is 75.5 Å². The van der Waals surface area contributed by atoms with Crippen LogP contribution in [0.25, 0.3) is 0 Å². The van der Waals surface area contributed by atoms with E-state index < -0.39 is 6.10 Å². The van der Waals surface area contributed by atoms with Crippen LogP contribution in [0.3, 0.4) is 0 Å². The lowest BCUT2D eigenvalue weighted by Gasteiger charge is -2.14. The monoisotopic (exact) mass is 398 g/mol. The van der Waals surface area contributed by atoms with Crippen LogP contribution < -0.4 is 0 Å². The van der Waals surface area contributed by atoms with Gasteiger partial charge in [0.15, 0.2) is 11.3 Å². The number of esters is 1. The van der Waals surface area contributed by atoms with E-state index in [1.54, 1.807) is 6.92 Å². The number of aromatic nitrogens is 2. The van der Waals surface area contributed by atoms with Crippen LogP contribution in [0.15, 0.2) is 23.4 Å². The van der Waals surface area contributed by atoms with Crippen molar-refractivity contribution in [2.24, 2.45) is 0 Å². The van der Waals surface area contributed by atoms with Crippen molar-refractivity contribution in [1.29, 1.82) is 0 Å². The van der Waals surface area contributed by atoms with Crippen molar-refractivity contribution in [2.45, 2.75) is 64.1 Å². The first-order valence-electron chi connectivity index (χ1n) is 9.62. The molecule has 2 aromatic rings. The number of hydrogen-bond donors (Lipinski definition) is 0. The topological polar surface area (TPSA) is 69.2 Å². The van der Waals surface area contributed by atoms with Crippen molar-refractivity contribution in [2.75, 3.05) is 6.26 Å². The lowest BCUT2D eigenvalue weighted by atomic mass is 10.0. The van der Waals surface area contributed by atoms with Crippen LogP contribution in [0, 0.1) is 13.8 Å². The van der Waals surface area contributed by atoms with Gasteiger partial charge >= 0.3 is 5.97 Å². The molecule has 0 saturated heterocycles. The van der Waals surface area contributed by atoms with Crippen LogP contribution in [0.5, 0.6) is 0 Å². The quantitative estimate of drug-likeness (QED) is 0.303. The van der Waals surface area contributed by atoms with Crippen molar-refractivity contribution in [1.82, 2.24) is 9.97 Å². The molecule has 148 valence electrons. The maximum Gasteiger partial charge on any atom is 0.306 e. The molecule has 1 atom stereocenters. The van der Waals surface area contributed by atoms with E-state index in [2.05, 4.69) is 9.97 Å². The van der Waals surface area contributed by atoms with Gasteiger partial charge < -0.3 is 4.74 Å². The zero-order chi connectivity index (χ0) is 20.3. The van der Waals surface area contributed by atoms with Crippen LogP contribution in [0.4, 0.5) is 0 Å². The van der Waals surface area contributed by atoms with Crippen LogP contribution >= 0.6 is 11.8 Å². The molecule has 0 fully saturated rings. The van der Waals surface area contributed by atoms with Gasteiger partial charge in [0.05, 0.1) is 0 Å². The molecule has 0 N–H and O–H groups in total. The van der Waals surface area contributed by atoms with E-state index in [9.17, 15) is 9.59 Å². The molecule has 0 amide bonds. The van der Waals surface area contributed by atoms with E-state index in [0.717, 1.165) is 41.4 Å². The molecular formula is C22H26N2O3S. The molecule has 1 aliphatic carbocycles. The number of thioether (sulfide) groups is 1. The molecule has 0 aliphatic heterocycles. The number of fused-ring (bicyclic) bond motifs is 1. The summed E-state index contributed by atoms with van der Waals surface area (Å²) in [5.41, 5.74) is 5.91. The Morgan fingerprint density at radius 1 is 1.14 bits per heavy atom. The minimum absolute atomic E-state index is 0.150. The Hall–Kier alpha value is -2.21. The van der Waals surface area contributed by atoms with Gasteiger partial charge in [0.1, 0.15) is 0 Å². The van der Waals surface area contributed by atoms with Gasteiger partial charge in [-0.1, -0.05) is 23.9 Å². The first-order chi connectivity index (χ1) is 13.4. The van der Waals surface area contributed by atoms with Gasteiger partial charge in [0, 0.05) is 23.4 Å². The molecule has 0 saturated carbocycles. The molecule has 5 nitrogen and oxygen atoms in total. The number of Topliss-reactive ketones (excluding diaryl/α,β-unsaturated/α-hetero) is 1. The molecule has 28 heavy (non-hydrogen) atoms. The van der Waals surface area contributed by atoms with Crippen LogP contribution in [-0.4, -0.2) is 34.1 Å². The van der Waals surface area contributed by atoms with Gasteiger partial charge in [-0.2, -0.15) is 0 Å². The molecule has 1 aromatic heterocycles. The molecule has 3 rings (SSSR count). The highest BCUT2D eigenvalue weighted by Crippen LogP contribution is 2.24. The molecule has 0 bridgehead atoms. The summed E-state index contributed by atoms with van der Waals surface area (Å²) in [4.78, 5) is 33.8. The van der Waals surface area contributed by atoms with Crippen molar-refractivity contribution < 1.29 is 14.3 Å². The third-order valence-corrected chi connectivity index (χ3v) is 5.77. The maximum absolute atomic E-state index is 12.6. The van der Waals surface area contributed by atoms with Crippen molar-refractivity contribution in [3.05, 3.63) is 51.8 Å². The van der Waals surface area contributed by atoms with Crippen LogP contribution in [-0.2, 0) is 28.8 Å². The first kappa shape index (κ1) is 20.5. The number of ether oxygens (including phenoxy) is 1. The summed E-state index contributed by atoms with van der Waals surface area (Å²) in [5, 5.41) is 0.731. The Balaban J connectivity index is 1.58. The van der Waals surface area contributed by atoms with E-state index >= 15 is 0 Å². The highest BCUT2D eigenvalue weighted by Gasteiger charge is 2.22.